The lowest BCUT2D eigenvalue weighted by atomic mass is 9.96. The molecule has 1 aliphatic heterocycles. The van der Waals surface area contributed by atoms with Gasteiger partial charge in [-0.15, -0.1) is 0 Å². The van der Waals surface area contributed by atoms with Crippen LogP contribution >= 0.6 is 0 Å². The number of imide groups is 1. The number of rotatable bonds is 2. The first-order chi connectivity index (χ1) is 11.8. The van der Waals surface area contributed by atoms with Crippen molar-refractivity contribution >= 4 is 22.8 Å². The third-order valence-electron chi connectivity index (χ3n) is 4.03. The Labute approximate surface area is 146 Å². The van der Waals surface area contributed by atoms with E-state index in [4.69, 9.17) is 4.74 Å². The Kier molecular flexibility index (Phi) is 4.35. The van der Waals surface area contributed by atoms with Crippen molar-refractivity contribution in [3.05, 3.63) is 60.2 Å². The molecule has 130 valence electrons. The first-order valence-electron chi connectivity index (χ1n) is 8.18. The molecule has 2 aromatic rings. The fourth-order valence-electron chi connectivity index (χ4n) is 2.96. The Balaban J connectivity index is 1.94. The molecule has 0 saturated carbocycles. The van der Waals surface area contributed by atoms with Crippen molar-refractivity contribution < 1.29 is 19.4 Å². The SMILES string of the molecule is CC(C)(C)OC(=O)N1C(=O)C=C[C@@H]1[C@@H](O)c1cccc2ccccc12. The van der Waals surface area contributed by atoms with E-state index >= 15 is 0 Å². The van der Waals surface area contributed by atoms with Gasteiger partial charge < -0.3 is 9.84 Å². The predicted molar refractivity (Wildman–Crippen MR) is 94.9 cm³/mol. The minimum Gasteiger partial charge on any atom is -0.443 e. The summed E-state index contributed by atoms with van der Waals surface area (Å²) in [5.74, 6) is -0.487. The summed E-state index contributed by atoms with van der Waals surface area (Å²) in [5.41, 5.74) is -0.0643. The second-order valence-electron chi connectivity index (χ2n) is 7.05. The summed E-state index contributed by atoms with van der Waals surface area (Å²) in [6, 6.07) is 12.5. The number of hydrogen-bond donors (Lipinski definition) is 1. The van der Waals surface area contributed by atoms with Crippen molar-refractivity contribution in [2.45, 2.75) is 38.5 Å². The van der Waals surface area contributed by atoms with E-state index in [1.807, 2.05) is 36.4 Å². The lowest BCUT2D eigenvalue weighted by Gasteiger charge is -2.30. The number of aliphatic hydroxyl groups excluding tert-OH is 1. The molecular formula is C20H21NO4. The zero-order valence-corrected chi connectivity index (χ0v) is 14.5. The summed E-state index contributed by atoms with van der Waals surface area (Å²) >= 11 is 0. The normalized spacial score (nSPS) is 18.6. The molecule has 0 spiro atoms. The van der Waals surface area contributed by atoms with Crippen molar-refractivity contribution in [3.8, 4) is 0 Å². The molecule has 1 aliphatic rings. The molecule has 0 aromatic heterocycles. The van der Waals surface area contributed by atoms with Crippen LogP contribution in [-0.2, 0) is 9.53 Å². The van der Waals surface area contributed by atoms with Crippen LogP contribution in [0.15, 0.2) is 54.6 Å². The molecule has 5 heteroatoms. The summed E-state index contributed by atoms with van der Waals surface area (Å²) in [4.78, 5) is 25.5. The van der Waals surface area contributed by atoms with Crippen molar-refractivity contribution in [2.24, 2.45) is 0 Å². The first-order valence-corrected chi connectivity index (χ1v) is 8.18. The number of nitrogens with zero attached hydrogens (tertiary/aromatic N) is 1. The molecule has 0 radical (unpaired) electrons. The van der Waals surface area contributed by atoms with Gasteiger partial charge in [0.15, 0.2) is 0 Å². The smallest absolute Gasteiger partial charge is 0.417 e. The van der Waals surface area contributed by atoms with Crippen LogP contribution in [0.3, 0.4) is 0 Å². The zero-order valence-electron chi connectivity index (χ0n) is 14.5. The third-order valence-corrected chi connectivity index (χ3v) is 4.03. The van der Waals surface area contributed by atoms with E-state index in [0.717, 1.165) is 15.7 Å². The average Bonchev–Trinajstić information content (AvgIpc) is 2.94. The Morgan fingerprint density at radius 2 is 1.84 bits per heavy atom. The van der Waals surface area contributed by atoms with Gasteiger partial charge in [0, 0.05) is 6.08 Å². The summed E-state index contributed by atoms with van der Waals surface area (Å²) in [7, 11) is 0. The summed E-state index contributed by atoms with van der Waals surface area (Å²) in [6.45, 7) is 5.19. The van der Waals surface area contributed by atoms with E-state index in [1.165, 1.54) is 6.08 Å². The molecular weight excluding hydrogens is 318 g/mol. The molecule has 1 heterocycles. The van der Waals surface area contributed by atoms with Crippen LogP contribution in [-0.4, -0.2) is 33.6 Å². The summed E-state index contributed by atoms with van der Waals surface area (Å²) in [6.07, 6.45) is 1.04. The van der Waals surface area contributed by atoms with E-state index in [9.17, 15) is 14.7 Å². The van der Waals surface area contributed by atoms with Gasteiger partial charge in [0.1, 0.15) is 11.7 Å². The number of ether oxygens (including phenoxy) is 1. The first kappa shape index (κ1) is 17.2. The number of amides is 2. The Morgan fingerprint density at radius 1 is 1.16 bits per heavy atom. The highest BCUT2D eigenvalue weighted by molar-refractivity contribution is 6.01. The largest absolute Gasteiger partial charge is 0.443 e. The average molecular weight is 339 g/mol. The molecule has 0 aliphatic carbocycles. The van der Waals surface area contributed by atoms with Gasteiger partial charge >= 0.3 is 6.09 Å². The van der Waals surface area contributed by atoms with Gasteiger partial charge in [0.2, 0.25) is 0 Å². The van der Waals surface area contributed by atoms with Crippen LogP contribution in [0, 0.1) is 0 Å². The summed E-state index contributed by atoms with van der Waals surface area (Å²) < 4.78 is 5.31. The molecule has 3 rings (SSSR count). The van der Waals surface area contributed by atoms with Crippen molar-refractivity contribution in [3.63, 3.8) is 0 Å². The van der Waals surface area contributed by atoms with E-state index in [0.29, 0.717) is 5.56 Å². The number of benzene rings is 2. The predicted octanol–water partition coefficient (Wildman–Crippen LogP) is 3.58. The number of carbonyl (C=O) groups excluding carboxylic acids is 2. The van der Waals surface area contributed by atoms with Gasteiger partial charge in [-0.05, 0) is 37.1 Å². The van der Waals surface area contributed by atoms with Crippen molar-refractivity contribution in [1.29, 1.82) is 0 Å². The Morgan fingerprint density at radius 3 is 2.56 bits per heavy atom. The van der Waals surface area contributed by atoms with Crippen LogP contribution in [0.1, 0.15) is 32.4 Å². The second kappa shape index (κ2) is 6.33. The maximum absolute atomic E-state index is 12.4. The second-order valence-corrected chi connectivity index (χ2v) is 7.05. The standard InChI is InChI=1S/C20H21NO4/c1-20(2,3)25-19(24)21-16(11-12-17(21)22)18(23)15-10-6-8-13-7-4-5-9-14(13)15/h4-12,16,18,23H,1-3H3/t16-,18+/m1/s1. The molecule has 2 amide bonds. The van der Waals surface area contributed by atoms with Crippen molar-refractivity contribution in [2.75, 3.05) is 0 Å². The fraction of sp³-hybridized carbons (Fsp3) is 0.300. The Bertz CT molecular complexity index is 845. The monoisotopic (exact) mass is 339 g/mol. The molecule has 2 aromatic carbocycles. The highest BCUT2D eigenvalue weighted by atomic mass is 16.6. The van der Waals surface area contributed by atoms with Crippen LogP contribution in [0.2, 0.25) is 0 Å². The summed E-state index contributed by atoms with van der Waals surface area (Å²) in [5, 5.41) is 12.8. The van der Waals surface area contributed by atoms with E-state index in [-0.39, 0.29) is 0 Å². The van der Waals surface area contributed by atoms with Gasteiger partial charge in [-0.3, -0.25) is 4.79 Å². The van der Waals surface area contributed by atoms with Crippen LogP contribution in [0.25, 0.3) is 10.8 Å². The highest BCUT2D eigenvalue weighted by Crippen LogP contribution is 2.31. The third kappa shape index (κ3) is 3.42. The molecule has 0 saturated heterocycles. The molecule has 2 atom stereocenters. The lowest BCUT2D eigenvalue weighted by molar-refractivity contribution is -0.126. The topological polar surface area (TPSA) is 66.8 Å². The van der Waals surface area contributed by atoms with Crippen LogP contribution < -0.4 is 0 Å². The number of carbonyl (C=O) groups is 2. The van der Waals surface area contributed by atoms with Crippen LogP contribution in [0.4, 0.5) is 4.79 Å². The molecule has 0 fully saturated rings. The molecule has 5 nitrogen and oxygen atoms in total. The maximum Gasteiger partial charge on any atom is 0.417 e. The minimum atomic E-state index is -1.04. The Hall–Kier alpha value is -2.66. The van der Waals surface area contributed by atoms with E-state index in [1.54, 1.807) is 32.9 Å². The quantitative estimate of drug-likeness (QED) is 0.908. The van der Waals surface area contributed by atoms with E-state index in [2.05, 4.69) is 0 Å². The van der Waals surface area contributed by atoms with Gasteiger partial charge in [0.25, 0.3) is 5.91 Å². The molecule has 25 heavy (non-hydrogen) atoms. The molecule has 1 N–H and O–H groups in total. The van der Waals surface area contributed by atoms with Crippen LogP contribution in [0.5, 0.6) is 0 Å². The zero-order chi connectivity index (χ0) is 18.2. The number of fused-ring (bicyclic) bond motifs is 1. The molecule has 0 unspecified atom stereocenters. The van der Waals surface area contributed by atoms with Gasteiger partial charge in [0.05, 0.1) is 6.04 Å². The number of hydrogen-bond acceptors (Lipinski definition) is 4. The minimum absolute atomic E-state index is 0.487. The fourth-order valence-corrected chi connectivity index (χ4v) is 2.96. The van der Waals surface area contributed by atoms with Gasteiger partial charge in [-0.1, -0.05) is 48.5 Å². The maximum atomic E-state index is 12.4. The van der Waals surface area contributed by atoms with E-state index < -0.39 is 29.7 Å². The number of aliphatic hydroxyl groups is 1. The van der Waals surface area contributed by atoms with Crippen molar-refractivity contribution in [1.82, 2.24) is 4.90 Å². The molecule has 0 bridgehead atoms. The van der Waals surface area contributed by atoms with Gasteiger partial charge in [-0.2, -0.15) is 0 Å². The highest BCUT2D eigenvalue weighted by Gasteiger charge is 2.39. The lowest BCUT2D eigenvalue weighted by Crippen LogP contribution is -2.45. The van der Waals surface area contributed by atoms with Gasteiger partial charge in [-0.25, -0.2) is 9.69 Å².